The summed E-state index contributed by atoms with van der Waals surface area (Å²) in [5.74, 6) is 1.87. The number of nitrogens with zero attached hydrogens (tertiary/aromatic N) is 2. The van der Waals surface area contributed by atoms with E-state index in [0.717, 1.165) is 34.3 Å². The zero-order chi connectivity index (χ0) is 31.2. The van der Waals surface area contributed by atoms with Gasteiger partial charge in [0.2, 0.25) is 5.91 Å². The maximum atomic E-state index is 13.3. The summed E-state index contributed by atoms with van der Waals surface area (Å²) in [7, 11) is 3.16. The number of amides is 2. The minimum Gasteiger partial charge on any atom is -0.496 e. The number of aromatic nitrogens is 1. The monoisotopic (exact) mass is 610 g/mol. The highest BCUT2D eigenvalue weighted by Gasteiger charge is 2.33. The summed E-state index contributed by atoms with van der Waals surface area (Å²) in [6.07, 6.45) is 1.21. The highest BCUT2D eigenvalue weighted by atomic mass is 16.5. The van der Waals surface area contributed by atoms with Gasteiger partial charge in [0.05, 0.1) is 31.5 Å². The molecule has 4 heterocycles. The molecule has 2 atom stereocenters. The smallest absolute Gasteiger partial charge is 0.258 e. The Morgan fingerprint density at radius 2 is 1.80 bits per heavy atom. The van der Waals surface area contributed by atoms with Crippen LogP contribution in [-0.4, -0.2) is 67.8 Å². The molecule has 234 valence electrons. The summed E-state index contributed by atoms with van der Waals surface area (Å²) in [5, 5.41) is 7.26. The number of hydrogen-bond acceptors (Lipinski definition) is 8. The molecule has 0 spiro atoms. The molecule has 1 aromatic heterocycles. The molecule has 7 rings (SSSR count). The number of piperidine rings is 1. The summed E-state index contributed by atoms with van der Waals surface area (Å²) in [5.41, 5.74) is 3.68. The number of fused-ring (bicyclic) bond motifs is 10. The lowest BCUT2D eigenvalue weighted by Gasteiger charge is -2.38. The van der Waals surface area contributed by atoms with Gasteiger partial charge in [0.15, 0.2) is 18.1 Å². The number of rotatable bonds is 4. The Balaban J connectivity index is 1.25. The van der Waals surface area contributed by atoms with Gasteiger partial charge < -0.3 is 29.6 Å². The molecule has 2 N–H and O–H groups in total. The number of pyridine rings is 1. The first-order chi connectivity index (χ1) is 22.0. The van der Waals surface area contributed by atoms with Crippen molar-refractivity contribution in [3.63, 3.8) is 0 Å². The van der Waals surface area contributed by atoms with Crippen LogP contribution in [0.4, 0.5) is 0 Å². The molecule has 0 saturated carbocycles. The number of carbonyl (C=O) groups excluding carboxylic acids is 2. The van der Waals surface area contributed by atoms with Crippen molar-refractivity contribution in [2.45, 2.75) is 44.5 Å². The van der Waals surface area contributed by atoms with Crippen molar-refractivity contribution in [1.82, 2.24) is 20.5 Å². The van der Waals surface area contributed by atoms with Crippen LogP contribution >= 0.6 is 0 Å². The Morgan fingerprint density at radius 3 is 2.67 bits per heavy atom. The topological polar surface area (TPSA) is 111 Å². The number of ether oxygens (including phenoxy) is 4. The summed E-state index contributed by atoms with van der Waals surface area (Å²) in [6, 6.07) is 23.0. The predicted octanol–water partition coefficient (Wildman–Crippen LogP) is 4.03. The van der Waals surface area contributed by atoms with Gasteiger partial charge in [-0.15, -0.1) is 0 Å². The average molecular weight is 611 g/mol. The molecule has 3 aromatic carbocycles. The van der Waals surface area contributed by atoms with Crippen LogP contribution in [0, 0.1) is 0 Å². The molecule has 0 unspecified atom stereocenters. The molecule has 4 aromatic rings. The first kappa shape index (κ1) is 30.2. The fourth-order valence-electron chi connectivity index (χ4n) is 5.89. The molecule has 3 aliphatic rings. The lowest BCUT2D eigenvalue weighted by molar-refractivity contribution is -0.125. The zero-order valence-electron chi connectivity index (χ0n) is 25.6. The first-order valence-corrected chi connectivity index (χ1v) is 15.2. The van der Waals surface area contributed by atoms with Crippen molar-refractivity contribution in [1.29, 1.82) is 0 Å². The lowest BCUT2D eigenvalue weighted by Crippen LogP contribution is -2.57. The van der Waals surface area contributed by atoms with Gasteiger partial charge in [-0.25, -0.2) is 0 Å². The minimum atomic E-state index is -0.310. The van der Waals surface area contributed by atoms with Crippen molar-refractivity contribution in [3.8, 4) is 23.0 Å². The standard InChI is InChI=1S/C35H38N4O6/c1-42-31-13-7-23-8-14-34(40)36-19-25-10-12-27(18-32(25)43-2)45-30-15-16-39(21-29(30)38-35(41)22-44-33(31)17-23)20-26-11-9-24-5-3-4-6-28(24)37-26/h3-7,9-13,17-18,29-30H,8,14-16,19-22H2,1-2H3,(H,36,40)(H,38,41)/t29-,30+/m1/s1. The number of nitrogens with one attached hydrogen (secondary N) is 2. The van der Waals surface area contributed by atoms with Gasteiger partial charge in [-0.05, 0) is 54.8 Å². The molecular formula is C35H38N4O6. The second kappa shape index (κ2) is 13.9. The quantitative estimate of drug-likeness (QED) is 0.357. The van der Waals surface area contributed by atoms with Gasteiger partial charge in [0.1, 0.15) is 17.6 Å². The van der Waals surface area contributed by atoms with Crippen LogP contribution < -0.4 is 29.6 Å². The minimum absolute atomic E-state index is 0.0820. The second-order valence-corrected chi connectivity index (χ2v) is 11.4. The number of hydrogen-bond donors (Lipinski definition) is 2. The third kappa shape index (κ3) is 7.46. The van der Waals surface area contributed by atoms with Crippen molar-refractivity contribution >= 4 is 22.7 Å². The molecule has 1 saturated heterocycles. The SMILES string of the molecule is COc1cc2ccc1CNC(=O)CCc1ccc(OC)c(c1)OCC(=O)N[C@@H]1CN(Cc3ccc4ccccc4n3)CC[C@@H]1O2. The normalized spacial score (nSPS) is 19.5. The van der Waals surface area contributed by atoms with Crippen LogP contribution in [0.5, 0.6) is 23.0 Å². The highest BCUT2D eigenvalue weighted by molar-refractivity contribution is 5.79. The van der Waals surface area contributed by atoms with Crippen LogP contribution in [-0.2, 0) is 29.1 Å². The van der Waals surface area contributed by atoms with Gasteiger partial charge >= 0.3 is 0 Å². The largest absolute Gasteiger partial charge is 0.496 e. The summed E-state index contributed by atoms with van der Waals surface area (Å²) < 4.78 is 23.5. The summed E-state index contributed by atoms with van der Waals surface area (Å²) in [4.78, 5) is 33.1. The maximum absolute atomic E-state index is 13.3. The molecule has 2 amide bonds. The van der Waals surface area contributed by atoms with E-state index in [4.69, 9.17) is 23.9 Å². The third-order valence-corrected chi connectivity index (χ3v) is 8.27. The Hall–Kier alpha value is -4.83. The molecule has 0 radical (unpaired) electrons. The molecule has 3 aliphatic heterocycles. The Kier molecular flexibility index (Phi) is 9.30. The van der Waals surface area contributed by atoms with E-state index < -0.39 is 0 Å². The fourth-order valence-corrected chi connectivity index (χ4v) is 5.89. The number of carbonyl (C=O) groups is 2. The van der Waals surface area contributed by atoms with Crippen LogP contribution in [0.25, 0.3) is 10.9 Å². The molecule has 4 bridgehead atoms. The number of likely N-dealkylation sites (tertiary alicyclic amines) is 1. The van der Waals surface area contributed by atoms with Gasteiger partial charge in [-0.1, -0.05) is 30.3 Å². The van der Waals surface area contributed by atoms with E-state index in [2.05, 4.69) is 33.7 Å². The predicted molar refractivity (Wildman–Crippen MR) is 170 cm³/mol. The Labute approximate surface area is 262 Å². The van der Waals surface area contributed by atoms with Crippen molar-refractivity contribution < 1.29 is 28.5 Å². The highest BCUT2D eigenvalue weighted by Crippen LogP contribution is 2.30. The van der Waals surface area contributed by atoms with E-state index in [9.17, 15) is 9.59 Å². The van der Waals surface area contributed by atoms with Crippen molar-refractivity contribution in [2.75, 3.05) is 33.9 Å². The first-order valence-electron chi connectivity index (χ1n) is 15.2. The molecule has 10 nitrogen and oxygen atoms in total. The lowest BCUT2D eigenvalue weighted by atomic mass is 10.0. The van der Waals surface area contributed by atoms with E-state index >= 15 is 0 Å². The van der Waals surface area contributed by atoms with Gasteiger partial charge in [-0.2, -0.15) is 0 Å². The van der Waals surface area contributed by atoms with Crippen molar-refractivity contribution in [3.05, 3.63) is 89.6 Å². The molecule has 1 fully saturated rings. The van der Waals surface area contributed by atoms with E-state index in [1.807, 2.05) is 48.5 Å². The van der Waals surface area contributed by atoms with Gasteiger partial charge in [-0.3, -0.25) is 19.5 Å². The van der Waals surface area contributed by atoms with Gasteiger partial charge in [0.25, 0.3) is 5.91 Å². The van der Waals surface area contributed by atoms with E-state index in [0.29, 0.717) is 61.9 Å². The number of benzene rings is 3. The van der Waals surface area contributed by atoms with Crippen LogP contribution in [0.1, 0.15) is 29.7 Å². The summed E-state index contributed by atoms with van der Waals surface area (Å²) >= 11 is 0. The second-order valence-electron chi connectivity index (χ2n) is 11.4. The average Bonchev–Trinajstić information content (AvgIpc) is 3.06. The Morgan fingerprint density at radius 1 is 0.933 bits per heavy atom. The third-order valence-electron chi connectivity index (χ3n) is 8.27. The molecular weight excluding hydrogens is 572 g/mol. The number of para-hydroxylation sites is 1. The fraction of sp³-hybridized carbons (Fsp3) is 0.343. The van der Waals surface area contributed by atoms with E-state index in [-0.39, 0.29) is 30.6 Å². The maximum Gasteiger partial charge on any atom is 0.258 e. The molecule has 0 aliphatic carbocycles. The molecule has 10 heteroatoms. The molecule has 45 heavy (non-hydrogen) atoms. The van der Waals surface area contributed by atoms with E-state index in [1.165, 1.54) is 0 Å². The summed E-state index contributed by atoms with van der Waals surface area (Å²) in [6.45, 7) is 2.13. The van der Waals surface area contributed by atoms with Crippen molar-refractivity contribution in [2.24, 2.45) is 0 Å². The van der Waals surface area contributed by atoms with Crippen LogP contribution in [0.3, 0.4) is 0 Å². The van der Waals surface area contributed by atoms with Gasteiger partial charge in [0, 0.05) is 49.6 Å². The number of aryl methyl sites for hydroxylation is 1. The van der Waals surface area contributed by atoms with Crippen LogP contribution in [0.15, 0.2) is 72.8 Å². The van der Waals surface area contributed by atoms with Crippen LogP contribution in [0.2, 0.25) is 0 Å². The number of methoxy groups -OCH3 is 2. The Bertz CT molecular complexity index is 1680. The van der Waals surface area contributed by atoms with E-state index in [1.54, 1.807) is 20.3 Å². The zero-order valence-corrected chi connectivity index (χ0v) is 25.6.